The molecule has 0 rings (SSSR count). The van der Waals surface area contributed by atoms with Crippen LogP contribution in [0.3, 0.4) is 0 Å². The minimum Gasteiger partial charge on any atom is -0.462 e. The predicted molar refractivity (Wildman–Crippen MR) is 79.6 cm³/mol. The fraction of sp³-hybridized carbons (Fsp3) is 0.786. The van der Waals surface area contributed by atoms with Crippen LogP contribution in [0.5, 0.6) is 0 Å². The van der Waals surface area contributed by atoms with E-state index in [9.17, 15) is 19.5 Å². The Balaban J connectivity index is 5.64. The van der Waals surface area contributed by atoms with Crippen molar-refractivity contribution in [1.29, 1.82) is 0 Å². The summed E-state index contributed by atoms with van der Waals surface area (Å²) in [5, 5.41) is 10.4. The Kier molecular flexibility index (Phi) is 7.89. The van der Waals surface area contributed by atoms with Crippen LogP contribution in [0, 0.1) is 0 Å². The number of carbonyl (C=O) groups is 3. The van der Waals surface area contributed by atoms with Gasteiger partial charge in [0.05, 0.1) is 2.74 Å². The fourth-order valence-electron chi connectivity index (χ4n) is 1.82. The maximum Gasteiger partial charge on any atom is 0.303 e. The first kappa shape index (κ1) is 18.6. The smallest absolute Gasteiger partial charge is 0.303 e. The number of hydrogen-bond donors (Lipinski definition) is 2. The number of nitrogens with two attached hydrogens (primary N) is 1. The van der Waals surface area contributed by atoms with E-state index < -0.39 is 69.3 Å². The van der Waals surface area contributed by atoms with Crippen LogP contribution in [0.25, 0.3) is 0 Å². The molecule has 0 spiro atoms. The van der Waals surface area contributed by atoms with E-state index in [1.54, 1.807) is 0 Å². The summed E-state index contributed by atoms with van der Waals surface area (Å²) in [6, 6.07) is 0. The molecule has 0 radical (unpaired) electrons. The van der Waals surface area contributed by atoms with Gasteiger partial charge < -0.3 is 28.8 Å². The van der Waals surface area contributed by atoms with Gasteiger partial charge in [-0.25, -0.2) is 0 Å². The van der Waals surface area contributed by atoms with Crippen molar-refractivity contribution in [2.75, 3.05) is 27.4 Å². The second-order valence-electron chi connectivity index (χ2n) is 4.94. The van der Waals surface area contributed by atoms with Crippen molar-refractivity contribution in [1.82, 2.24) is 0 Å². The summed E-state index contributed by atoms with van der Waals surface area (Å²) in [6.45, 7) is 2.12. The second-order valence-corrected chi connectivity index (χ2v) is 4.94. The van der Waals surface area contributed by atoms with Crippen molar-refractivity contribution in [2.45, 2.75) is 44.8 Å². The molecule has 0 aliphatic carbocycles. The van der Waals surface area contributed by atoms with E-state index >= 15 is 0 Å². The molecule has 3 N–H and O–H groups in total. The van der Waals surface area contributed by atoms with Crippen molar-refractivity contribution in [2.24, 2.45) is 5.73 Å². The Morgan fingerprint density at radius 2 is 1.67 bits per heavy atom. The van der Waals surface area contributed by atoms with E-state index in [-0.39, 0.29) is 0 Å². The molecule has 0 saturated carbocycles. The average Bonchev–Trinajstić information content (AvgIpc) is 2.52. The first-order valence-corrected chi connectivity index (χ1v) is 6.82. The van der Waals surface area contributed by atoms with Crippen molar-refractivity contribution in [3.63, 3.8) is 0 Å². The quantitative estimate of drug-likeness (QED) is 0.277. The minimum atomic E-state index is -2.35. The lowest BCUT2D eigenvalue weighted by Crippen LogP contribution is -2.63. The number of methoxy groups -OCH3 is 2. The van der Waals surface area contributed by atoms with Crippen molar-refractivity contribution >= 4 is 17.9 Å². The molecule has 0 aromatic carbocycles. The third kappa shape index (κ3) is 7.68. The third-order valence-corrected chi connectivity index (χ3v) is 2.80. The normalized spacial score (nSPS) is 18.2. The van der Waals surface area contributed by atoms with Crippen LogP contribution in [0.4, 0.5) is 0 Å². The Morgan fingerprint density at radius 3 is 2.12 bits per heavy atom. The molecule has 4 atom stereocenters. The Labute approximate surface area is 142 Å². The first-order valence-electron chi connectivity index (χ1n) is 8.23. The van der Waals surface area contributed by atoms with Gasteiger partial charge in [-0.1, -0.05) is 0 Å². The second kappa shape index (κ2) is 10.2. The van der Waals surface area contributed by atoms with Gasteiger partial charge >= 0.3 is 17.9 Å². The SMILES string of the molecule is [2H]CO[C@H]([C@@H](COC(C)=O)OC(C)=O)[C@H](OC[2H])[C@](N)(O)COC(C)=O. The van der Waals surface area contributed by atoms with Crippen LogP contribution in [0.2, 0.25) is 0 Å². The highest BCUT2D eigenvalue weighted by Crippen LogP contribution is 2.20. The third-order valence-electron chi connectivity index (χ3n) is 2.80. The van der Waals surface area contributed by atoms with Gasteiger partial charge in [-0.15, -0.1) is 0 Å². The Hall–Kier alpha value is -1.75. The van der Waals surface area contributed by atoms with Gasteiger partial charge in [0.25, 0.3) is 0 Å². The molecule has 0 aromatic rings. The molecular formula is C14H25NO9. The zero-order valence-electron chi connectivity index (χ0n) is 15.9. The molecule has 0 unspecified atom stereocenters. The summed E-state index contributed by atoms with van der Waals surface area (Å²) in [6.07, 6.45) is -4.25. The molecule has 0 fully saturated rings. The zero-order valence-corrected chi connectivity index (χ0v) is 13.9. The highest BCUT2D eigenvalue weighted by molar-refractivity contribution is 5.67. The number of esters is 3. The van der Waals surface area contributed by atoms with E-state index in [0.717, 1.165) is 20.8 Å². The van der Waals surface area contributed by atoms with Crippen molar-refractivity contribution in [3.8, 4) is 0 Å². The fourth-order valence-corrected chi connectivity index (χ4v) is 1.82. The molecule has 140 valence electrons. The van der Waals surface area contributed by atoms with Gasteiger partial charge in [-0.3, -0.25) is 20.1 Å². The summed E-state index contributed by atoms with van der Waals surface area (Å²) in [5.41, 5.74) is 3.39. The maximum absolute atomic E-state index is 11.3. The summed E-state index contributed by atoms with van der Waals surface area (Å²) < 4.78 is 39.2. The van der Waals surface area contributed by atoms with Crippen LogP contribution < -0.4 is 5.73 Å². The summed E-state index contributed by atoms with van der Waals surface area (Å²) in [4.78, 5) is 33.4. The van der Waals surface area contributed by atoms with E-state index in [2.05, 4.69) is 4.74 Å². The van der Waals surface area contributed by atoms with Crippen molar-refractivity contribution in [3.05, 3.63) is 0 Å². The molecular weight excluding hydrogens is 326 g/mol. The van der Waals surface area contributed by atoms with Crippen LogP contribution in [-0.2, 0) is 38.1 Å². The monoisotopic (exact) mass is 353 g/mol. The summed E-state index contributed by atoms with van der Waals surface area (Å²) >= 11 is 0. The van der Waals surface area contributed by atoms with E-state index in [1.165, 1.54) is 0 Å². The molecule has 0 aliphatic heterocycles. The molecule has 0 amide bonds. The minimum absolute atomic E-state index is 0.471. The average molecular weight is 353 g/mol. The Morgan fingerprint density at radius 1 is 1.08 bits per heavy atom. The van der Waals surface area contributed by atoms with Crippen molar-refractivity contribution < 1.29 is 45.9 Å². The first-order chi connectivity index (χ1) is 12.0. The highest BCUT2D eigenvalue weighted by atomic mass is 16.6. The number of rotatable bonds is 10. The number of ether oxygens (including phenoxy) is 5. The summed E-state index contributed by atoms with van der Waals surface area (Å²) in [7, 11) is -1.33. The van der Waals surface area contributed by atoms with Gasteiger partial charge in [0.2, 0.25) is 0 Å². The number of hydrogen-bond acceptors (Lipinski definition) is 10. The van der Waals surface area contributed by atoms with E-state index in [1.807, 2.05) is 0 Å². The van der Waals surface area contributed by atoms with Gasteiger partial charge in [-0.2, -0.15) is 0 Å². The molecule has 0 bridgehead atoms. The van der Waals surface area contributed by atoms with Gasteiger partial charge in [0, 0.05) is 34.9 Å². The maximum atomic E-state index is 11.3. The lowest BCUT2D eigenvalue weighted by Gasteiger charge is -2.38. The lowest BCUT2D eigenvalue weighted by molar-refractivity contribution is -0.207. The van der Waals surface area contributed by atoms with Gasteiger partial charge in [-0.05, 0) is 0 Å². The summed E-state index contributed by atoms with van der Waals surface area (Å²) in [5.74, 6) is -2.16. The number of aliphatic hydroxyl groups is 1. The molecule has 10 heteroatoms. The molecule has 0 heterocycles. The number of carbonyl (C=O) groups excluding carboxylic acids is 3. The highest BCUT2D eigenvalue weighted by Gasteiger charge is 2.45. The molecule has 24 heavy (non-hydrogen) atoms. The van der Waals surface area contributed by atoms with Gasteiger partial charge in [0.1, 0.15) is 25.4 Å². The predicted octanol–water partition coefficient (Wildman–Crippen LogP) is -1.28. The molecule has 10 nitrogen and oxygen atoms in total. The van der Waals surface area contributed by atoms with Gasteiger partial charge in [0.15, 0.2) is 11.8 Å². The van der Waals surface area contributed by atoms with E-state index in [0.29, 0.717) is 0 Å². The zero-order chi connectivity index (χ0) is 20.3. The molecule has 0 aliphatic rings. The molecule has 0 aromatic heterocycles. The van der Waals surface area contributed by atoms with Crippen LogP contribution in [-0.4, -0.2) is 74.4 Å². The largest absolute Gasteiger partial charge is 0.462 e. The van der Waals surface area contributed by atoms with Crippen LogP contribution in [0.1, 0.15) is 23.5 Å². The topological polar surface area (TPSA) is 144 Å². The Bertz CT molecular complexity index is 475. The van der Waals surface area contributed by atoms with Crippen LogP contribution >= 0.6 is 0 Å². The standard InChI is InChI=1S/C14H25NO9/c1-8(16)22-6-11(24-10(3)18)12(20-4)13(21-5)14(15,19)7-23-9(2)17/h11-13,19H,6-7,15H2,1-5H3/t11-,12-,13+,14-/m1/s1/i4D,5D. The van der Waals surface area contributed by atoms with Crippen LogP contribution in [0.15, 0.2) is 0 Å². The van der Waals surface area contributed by atoms with E-state index in [4.69, 9.17) is 27.4 Å². The molecule has 0 saturated heterocycles. The lowest BCUT2D eigenvalue weighted by atomic mass is 9.98.